The molecule has 64 valence electrons. The summed E-state index contributed by atoms with van der Waals surface area (Å²) in [6.45, 7) is 1.09. The Kier molecular flexibility index (Phi) is 2.26. The number of nitrogens with one attached hydrogen (secondary N) is 1. The Labute approximate surface area is 73.0 Å². The lowest BCUT2D eigenvalue weighted by molar-refractivity contribution is 0.333. The van der Waals surface area contributed by atoms with Crippen molar-refractivity contribution in [3.63, 3.8) is 0 Å². The number of hydrogen-bond donors (Lipinski definition) is 1. The molecule has 1 aliphatic carbocycles. The molecule has 2 rings (SSSR count). The molecule has 1 heterocycles. The van der Waals surface area contributed by atoms with Crippen LogP contribution in [0.25, 0.3) is 0 Å². The maximum Gasteiger partial charge on any atom is 0.125 e. The first-order chi connectivity index (χ1) is 5.95. The largest absolute Gasteiger partial charge is 0.370 e. The number of pyridine rings is 1. The molecule has 0 aromatic carbocycles. The molecule has 0 saturated heterocycles. The fraction of sp³-hybridized carbons (Fsp3) is 0.500. The minimum atomic E-state index is 0.895. The van der Waals surface area contributed by atoms with Gasteiger partial charge in [0.15, 0.2) is 0 Å². The van der Waals surface area contributed by atoms with E-state index in [-0.39, 0.29) is 0 Å². The first kappa shape index (κ1) is 7.59. The highest BCUT2D eigenvalue weighted by molar-refractivity contribution is 5.33. The summed E-state index contributed by atoms with van der Waals surface area (Å²) in [4.78, 5) is 4.20. The van der Waals surface area contributed by atoms with Crippen molar-refractivity contribution in [2.45, 2.75) is 19.3 Å². The Morgan fingerprint density at radius 2 is 2.33 bits per heavy atom. The van der Waals surface area contributed by atoms with Crippen molar-refractivity contribution in [1.29, 1.82) is 0 Å². The van der Waals surface area contributed by atoms with E-state index in [9.17, 15) is 0 Å². The summed E-state index contributed by atoms with van der Waals surface area (Å²) >= 11 is 0. The molecular weight excluding hydrogens is 148 g/mol. The van der Waals surface area contributed by atoms with Crippen LogP contribution in [0.15, 0.2) is 24.4 Å². The van der Waals surface area contributed by atoms with Gasteiger partial charge in [-0.2, -0.15) is 0 Å². The van der Waals surface area contributed by atoms with E-state index in [1.165, 1.54) is 19.3 Å². The number of hydrogen-bond acceptors (Lipinski definition) is 2. The number of rotatable bonds is 3. The molecule has 2 heteroatoms. The molecule has 0 unspecified atom stereocenters. The van der Waals surface area contributed by atoms with E-state index >= 15 is 0 Å². The third-order valence-electron chi connectivity index (χ3n) is 2.46. The molecule has 0 atom stereocenters. The van der Waals surface area contributed by atoms with Gasteiger partial charge < -0.3 is 5.32 Å². The van der Waals surface area contributed by atoms with E-state index in [4.69, 9.17) is 0 Å². The minimum Gasteiger partial charge on any atom is -0.370 e. The molecule has 0 radical (unpaired) electrons. The number of aromatic nitrogens is 1. The second-order valence-corrected chi connectivity index (χ2v) is 3.39. The van der Waals surface area contributed by atoms with Crippen LogP contribution in [0.5, 0.6) is 0 Å². The zero-order chi connectivity index (χ0) is 8.23. The summed E-state index contributed by atoms with van der Waals surface area (Å²) in [5.41, 5.74) is 0. The first-order valence-corrected chi connectivity index (χ1v) is 4.60. The monoisotopic (exact) mass is 162 g/mol. The maximum absolute atomic E-state index is 4.20. The Bertz CT molecular complexity index is 229. The molecule has 1 saturated carbocycles. The highest BCUT2D eigenvalue weighted by atomic mass is 15.0. The van der Waals surface area contributed by atoms with Gasteiger partial charge in [-0.15, -0.1) is 0 Å². The predicted molar refractivity (Wildman–Crippen MR) is 50.1 cm³/mol. The van der Waals surface area contributed by atoms with Crippen LogP contribution in [0, 0.1) is 5.92 Å². The van der Waals surface area contributed by atoms with E-state index in [1.807, 2.05) is 24.4 Å². The molecule has 1 fully saturated rings. The quantitative estimate of drug-likeness (QED) is 0.737. The second kappa shape index (κ2) is 3.57. The Balaban J connectivity index is 1.79. The first-order valence-electron chi connectivity index (χ1n) is 4.60. The van der Waals surface area contributed by atoms with Gasteiger partial charge in [-0.05, 0) is 30.9 Å². The lowest BCUT2D eigenvalue weighted by Gasteiger charge is -2.25. The van der Waals surface area contributed by atoms with E-state index in [0.29, 0.717) is 0 Å². The van der Waals surface area contributed by atoms with Crippen molar-refractivity contribution < 1.29 is 0 Å². The smallest absolute Gasteiger partial charge is 0.125 e. The van der Waals surface area contributed by atoms with Crippen molar-refractivity contribution in [3.8, 4) is 0 Å². The summed E-state index contributed by atoms with van der Waals surface area (Å²) in [5.74, 6) is 1.90. The van der Waals surface area contributed by atoms with Crippen molar-refractivity contribution in [3.05, 3.63) is 24.4 Å². The second-order valence-electron chi connectivity index (χ2n) is 3.39. The molecule has 12 heavy (non-hydrogen) atoms. The average molecular weight is 162 g/mol. The Morgan fingerprint density at radius 1 is 1.42 bits per heavy atom. The van der Waals surface area contributed by atoms with Crippen molar-refractivity contribution in [2.75, 3.05) is 11.9 Å². The topological polar surface area (TPSA) is 24.9 Å². The van der Waals surface area contributed by atoms with Crippen LogP contribution < -0.4 is 5.32 Å². The third-order valence-corrected chi connectivity index (χ3v) is 2.46. The molecule has 0 amide bonds. The highest BCUT2D eigenvalue weighted by Gasteiger charge is 2.16. The average Bonchev–Trinajstić information content (AvgIpc) is 2.04. The highest BCUT2D eigenvalue weighted by Crippen LogP contribution is 2.26. The van der Waals surface area contributed by atoms with Crippen LogP contribution in [0.2, 0.25) is 0 Å². The third kappa shape index (κ3) is 1.76. The zero-order valence-corrected chi connectivity index (χ0v) is 7.16. The van der Waals surface area contributed by atoms with Crippen LogP contribution in [0.1, 0.15) is 19.3 Å². The van der Waals surface area contributed by atoms with E-state index in [2.05, 4.69) is 10.3 Å². The normalized spacial score (nSPS) is 17.0. The SMILES string of the molecule is c1ccc(NCC2CCC2)nc1. The van der Waals surface area contributed by atoms with Gasteiger partial charge >= 0.3 is 0 Å². The number of nitrogens with zero attached hydrogens (tertiary/aromatic N) is 1. The fourth-order valence-corrected chi connectivity index (χ4v) is 1.41. The predicted octanol–water partition coefficient (Wildman–Crippen LogP) is 2.29. The maximum atomic E-state index is 4.20. The molecule has 0 bridgehead atoms. The molecule has 2 nitrogen and oxygen atoms in total. The van der Waals surface area contributed by atoms with E-state index < -0.39 is 0 Å². The summed E-state index contributed by atoms with van der Waals surface area (Å²) < 4.78 is 0. The van der Waals surface area contributed by atoms with Gasteiger partial charge in [-0.25, -0.2) is 4.98 Å². The molecule has 1 aromatic heterocycles. The fourth-order valence-electron chi connectivity index (χ4n) is 1.41. The summed E-state index contributed by atoms with van der Waals surface area (Å²) in [6, 6.07) is 5.96. The zero-order valence-electron chi connectivity index (χ0n) is 7.16. The molecule has 0 aliphatic heterocycles. The summed E-state index contributed by atoms with van der Waals surface area (Å²) in [6.07, 6.45) is 6.01. The van der Waals surface area contributed by atoms with Crippen molar-refractivity contribution in [2.24, 2.45) is 5.92 Å². The molecule has 0 spiro atoms. The standard InChI is InChI=1S/C10H14N2/c1-2-7-11-10(6-1)12-8-9-4-3-5-9/h1-2,6-7,9H,3-5,8H2,(H,11,12). The van der Waals surface area contributed by atoms with Gasteiger partial charge in [-0.1, -0.05) is 12.5 Å². The summed E-state index contributed by atoms with van der Waals surface area (Å²) in [7, 11) is 0. The lowest BCUT2D eigenvalue weighted by Crippen LogP contribution is -2.21. The molecule has 1 N–H and O–H groups in total. The van der Waals surface area contributed by atoms with Gasteiger partial charge in [0.05, 0.1) is 0 Å². The van der Waals surface area contributed by atoms with Crippen molar-refractivity contribution in [1.82, 2.24) is 4.98 Å². The minimum absolute atomic E-state index is 0.895. The van der Waals surface area contributed by atoms with E-state index in [1.54, 1.807) is 0 Å². The van der Waals surface area contributed by atoms with Gasteiger partial charge in [0, 0.05) is 12.7 Å². The lowest BCUT2D eigenvalue weighted by atomic mass is 9.85. The summed E-state index contributed by atoms with van der Waals surface area (Å²) in [5, 5.41) is 3.34. The van der Waals surface area contributed by atoms with Gasteiger partial charge in [0.2, 0.25) is 0 Å². The Hall–Kier alpha value is -1.05. The van der Waals surface area contributed by atoms with Gasteiger partial charge in [-0.3, -0.25) is 0 Å². The Morgan fingerprint density at radius 3 is 2.92 bits per heavy atom. The van der Waals surface area contributed by atoms with Crippen LogP contribution in [0.3, 0.4) is 0 Å². The van der Waals surface area contributed by atoms with Crippen LogP contribution in [-0.4, -0.2) is 11.5 Å². The molecular formula is C10H14N2. The van der Waals surface area contributed by atoms with Crippen LogP contribution in [0.4, 0.5) is 5.82 Å². The van der Waals surface area contributed by atoms with Crippen LogP contribution >= 0.6 is 0 Å². The molecule has 1 aliphatic rings. The number of anilines is 1. The van der Waals surface area contributed by atoms with Gasteiger partial charge in [0.1, 0.15) is 5.82 Å². The van der Waals surface area contributed by atoms with E-state index in [0.717, 1.165) is 18.3 Å². The molecule has 1 aromatic rings. The van der Waals surface area contributed by atoms with Gasteiger partial charge in [0.25, 0.3) is 0 Å². The van der Waals surface area contributed by atoms with Crippen LogP contribution in [-0.2, 0) is 0 Å². The van der Waals surface area contributed by atoms with Crippen molar-refractivity contribution >= 4 is 5.82 Å².